The van der Waals surface area contributed by atoms with E-state index in [-0.39, 0.29) is 10.9 Å². The van der Waals surface area contributed by atoms with Crippen LogP contribution in [0.5, 0.6) is 0 Å². The molecule has 0 saturated carbocycles. The highest BCUT2D eigenvalue weighted by molar-refractivity contribution is 7.89. The number of nitrogens with zero attached hydrogens (tertiary/aromatic N) is 5. The van der Waals surface area contributed by atoms with Crippen molar-refractivity contribution in [2.45, 2.75) is 30.7 Å². The van der Waals surface area contributed by atoms with Crippen LogP contribution in [0.2, 0.25) is 0 Å². The van der Waals surface area contributed by atoms with Crippen LogP contribution in [0.25, 0.3) is 0 Å². The zero-order chi connectivity index (χ0) is 18.7. The van der Waals surface area contributed by atoms with Gasteiger partial charge in [0.2, 0.25) is 10.0 Å². The molecule has 0 aliphatic carbocycles. The Labute approximate surface area is 154 Å². The third kappa shape index (κ3) is 3.69. The van der Waals surface area contributed by atoms with Crippen LogP contribution in [-0.2, 0) is 10.0 Å². The average molecular weight is 371 g/mol. The van der Waals surface area contributed by atoms with Crippen LogP contribution >= 0.6 is 0 Å². The third-order valence-electron chi connectivity index (χ3n) is 4.74. The summed E-state index contributed by atoms with van der Waals surface area (Å²) in [7, 11) is -1.54. The van der Waals surface area contributed by atoms with Gasteiger partial charge in [0.1, 0.15) is 12.1 Å². The molecular weight excluding hydrogens is 350 g/mol. The minimum absolute atomic E-state index is 0.231. The molecule has 8 heteroatoms. The van der Waals surface area contributed by atoms with Gasteiger partial charge in [-0.1, -0.05) is 0 Å². The number of rotatable bonds is 4. The van der Waals surface area contributed by atoms with Crippen LogP contribution in [0.3, 0.4) is 0 Å². The van der Waals surface area contributed by atoms with Crippen molar-refractivity contribution in [1.82, 2.24) is 14.3 Å². The van der Waals surface area contributed by atoms with Crippen LogP contribution in [0.15, 0.2) is 41.6 Å². The number of piperidine rings is 1. The molecule has 2 heterocycles. The summed E-state index contributed by atoms with van der Waals surface area (Å²) < 4.78 is 27.1. The molecule has 0 N–H and O–H groups in total. The minimum atomic E-state index is -3.53. The predicted octanol–water partition coefficient (Wildman–Crippen LogP) is 1.95. The fraction of sp³-hybridized carbons (Fsp3) is 0.389. The van der Waals surface area contributed by atoms with E-state index in [1.165, 1.54) is 28.6 Å². The smallest absolute Gasteiger partial charge is 0.243 e. The molecule has 136 valence electrons. The van der Waals surface area contributed by atoms with Crippen molar-refractivity contribution in [2.24, 2.45) is 0 Å². The van der Waals surface area contributed by atoms with Crippen molar-refractivity contribution in [3.63, 3.8) is 0 Å². The first-order valence-electron chi connectivity index (χ1n) is 8.43. The number of hydrogen-bond donors (Lipinski definition) is 0. The van der Waals surface area contributed by atoms with Gasteiger partial charge >= 0.3 is 0 Å². The zero-order valence-electron chi connectivity index (χ0n) is 14.8. The van der Waals surface area contributed by atoms with Gasteiger partial charge in [-0.05, 0) is 44.0 Å². The Morgan fingerprint density at radius 3 is 2.42 bits per heavy atom. The maximum atomic E-state index is 12.8. The Bertz CT molecular complexity index is 913. The van der Waals surface area contributed by atoms with Crippen LogP contribution in [-0.4, -0.2) is 48.9 Å². The summed E-state index contributed by atoms with van der Waals surface area (Å²) in [6, 6.07) is 10.2. The highest BCUT2D eigenvalue weighted by atomic mass is 32.2. The van der Waals surface area contributed by atoms with E-state index in [0.29, 0.717) is 18.7 Å². The summed E-state index contributed by atoms with van der Waals surface area (Å²) >= 11 is 0. The molecule has 7 nitrogen and oxygen atoms in total. The largest absolute Gasteiger partial charge is 0.356 e. The van der Waals surface area contributed by atoms with Gasteiger partial charge in [0, 0.05) is 37.9 Å². The van der Waals surface area contributed by atoms with E-state index in [1.54, 1.807) is 6.33 Å². The molecule has 1 aliphatic rings. The Kier molecular flexibility index (Phi) is 5.20. The van der Waals surface area contributed by atoms with Gasteiger partial charge < -0.3 is 4.90 Å². The highest BCUT2D eigenvalue weighted by Crippen LogP contribution is 2.25. The van der Waals surface area contributed by atoms with Crippen molar-refractivity contribution in [3.8, 4) is 6.07 Å². The van der Waals surface area contributed by atoms with Crippen LogP contribution < -0.4 is 4.90 Å². The molecular formula is C18H21N5O2S. The van der Waals surface area contributed by atoms with Gasteiger partial charge in [-0.25, -0.2) is 18.4 Å². The van der Waals surface area contributed by atoms with Gasteiger partial charge in [0.05, 0.1) is 16.5 Å². The Morgan fingerprint density at radius 1 is 1.19 bits per heavy atom. The Balaban J connectivity index is 1.68. The van der Waals surface area contributed by atoms with Crippen molar-refractivity contribution in [1.29, 1.82) is 5.26 Å². The van der Waals surface area contributed by atoms with E-state index in [4.69, 9.17) is 5.26 Å². The number of nitriles is 1. The molecule has 0 bridgehead atoms. The Morgan fingerprint density at radius 2 is 1.85 bits per heavy atom. The summed E-state index contributed by atoms with van der Waals surface area (Å²) in [5.74, 6) is 0.853. The molecule has 0 atom stereocenters. The number of sulfonamides is 1. The van der Waals surface area contributed by atoms with Gasteiger partial charge in [-0.2, -0.15) is 9.57 Å². The molecule has 3 rings (SSSR count). The van der Waals surface area contributed by atoms with E-state index in [1.807, 2.05) is 26.1 Å². The lowest BCUT2D eigenvalue weighted by molar-refractivity contribution is 0.314. The lowest BCUT2D eigenvalue weighted by Gasteiger charge is -2.36. The minimum Gasteiger partial charge on any atom is -0.356 e. The normalized spacial score (nSPS) is 16.2. The third-order valence-corrected chi connectivity index (χ3v) is 6.66. The molecule has 1 aromatic carbocycles. The van der Waals surface area contributed by atoms with Gasteiger partial charge in [0.25, 0.3) is 0 Å². The number of benzene rings is 1. The van der Waals surface area contributed by atoms with Crippen molar-refractivity contribution in [3.05, 3.63) is 47.9 Å². The SMILES string of the molecule is Cc1cc(N(C)C2CCN(S(=O)(=O)c3ccc(C#N)cc3)CC2)ncn1. The van der Waals surface area contributed by atoms with E-state index in [0.717, 1.165) is 24.4 Å². The van der Waals surface area contributed by atoms with Gasteiger partial charge in [0.15, 0.2) is 0 Å². The quantitative estimate of drug-likeness (QED) is 0.816. The van der Waals surface area contributed by atoms with Crippen LogP contribution in [0.4, 0.5) is 5.82 Å². The van der Waals surface area contributed by atoms with Crippen molar-refractivity contribution in [2.75, 3.05) is 25.0 Å². The number of aryl methyl sites for hydroxylation is 1. The van der Waals surface area contributed by atoms with E-state index >= 15 is 0 Å². The van der Waals surface area contributed by atoms with Crippen LogP contribution in [0, 0.1) is 18.3 Å². The van der Waals surface area contributed by atoms with E-state index in [2.05, 4.69) is 14.9 Å². The molecule has 0 amide bonds. The monoisotopic (exact) mass is 371 g/mol. The molecule has 0 unspecified atom stereocenters. The lowest BCUT2D eigenvalue weighted by atomic mass is 10.1. The fourth-order valence-electron chi connectivity index (χ4n) is 3.14. The average Bonchev–Trinajstić information content (AvgIpc) is 2.67. The number of aromatic nitrogens is 2. The fourth-order valence-corrected chi connectivity index (χ4v) is 4.61. The standard InChI is InChI=1S/C18H21N5O2S/c1-14-11-18(21-13-20-14)22(2)16-7-9-23(10-8-16)26(24,25)17-5-3-15(12-19)4-6-17/h3-6,11,13,16H,7-10H2,1-2H3. The molecule has 1 saturated heterocycles. The molecule has 0 radical (unpaired) electrons. The second kappa shape index (κ2) is 7.40. The van der Waals surface area contributed by atoms with Gasteiger partial charge in [-0.15, -0.1) is 0 Å². The second-order valence-corrected chi connectivity index (χ2v) is 8.34. The summed E-state index contributed by atoms with van der Waals surface area (Å²) in [5.41, 5.74) is 1.35. The Hall–Kier alpha value is -2.50. The number of hydrogen-bond acceptors (Lipinski definition) is 6. The maximum Gasteiger partial charge on any atom is 0.243 e. The first kappa shape index (κ1) is 18.3. The van der Waals surface area contributed by atoms with Crippen LogP contribution in [0.1, 0.15) is 24.1 Å². The molecule has 0 spiro atoms. The molecule has 2 aromatic rings. The lowest BCUT2D eigenvalue weighted by Crippen LogP contribution is -2.45. The van der Waals surface area contributed by atoms with Gasteiger partial charge in [-0.3, -0.25) is 0 Å². The molecule has 26 heavy (non-hydrogen) atoms. The number of anilines is 1. The first-order valence-corrected chi connectivity index (χ1v) is 9.87. The molecule has 1 fully saturated rings. The topological polar surface area (TPSA) is 90.2 Å². The summed E-state index contributed by atoms with van der Waals surface area (Å²) in [6.07, 6.45) is 3.01. The summed E-state index contributed by atoms with van der Waals surface area (Å²) in [6.45, 7) is 2.84. The predicted molar refractivity (Wildman–Crippen MR) is 98.1 cm³/mol. The molecule has 1 aromatic heterocycles. The first-order chi connectivity index (χ1) is 12.4. The summed E-state index contributed by atoms with van der Waals surface area (Å²) in [4.78, 5) is 10.7. The summed E-state index contributed by atoms with van der Waals surface area (Å²) in [5, 5.41) is 8.85. The van der Waals surface area contributed by atoms with Crippen molar-refractivity contribution < 1.29 is 8.42 Å². The highest BCUT2D eigenvalue weighted by Gasteiger charge is 2.31. The maximum absolute atomic E-state index is 12.8. The zero-order valence-corrected chi connectivity index (χ0v) is 15.6. The molecule has 1 aliphatic heterocycles. The second-order valence-electron chi connectivity index (χ2n) is 6.40. The van der Waals surface area contributed by atoms with E-state index in [9.17, 15) is 8.42 Å². The van der Waals surface area contributed by atoms with Crippen molar-refractivity contribution >= 4 is 15.8 Å². The van der Waals surface area contributed by atoms with E-state index < -0.39 is 10.0 Å².